The molecule has 1 fully saturated rings. The molecule has 0 aliphatic carbocycles. The molecule has 0 spiro atoms. The summed E-state index contributed by atoms with van der Waals surface area (Å²) in [6, 6.07) is 15.4. The SMILES string of the molecule is Cc1nnsc1C(=O)N[C@@H]1CCN2c3ccc(-c4nnn(C)n4)cc3[C@H](C)c3ccccc3[C@H]2C1. The molecule has 10 heteroatoms. The lowest BCUT2D eigenvalue weighted by Gasteiger charge is -2.41. The van der Waals surface area contributed by atoms with Gasteiger partial charge >= 0.3 is 0 Å². The van der Waals surface area contributed by atoms with E-state index < -0.39 is 0 Å². The Kier molecular flexibility index (Phi) is 5.32. The Morgan fingerprint density at radius 2 is 1.94 bits per heavy atom. The lowest BCUT2D eigenvalue weighted by Crippen LogP contribution is -2.46. The first-order valence-corrected chi connectivity index (χ1v) is 12.6. The number of hydrogen-bond acceptors (Lipinski definition) is 8. The van der Waals surface area contributed by atoms with Crippen molar-refractivity contribution in [2.24, 2.45) is 7.05 Å². The molecule has 1 saturated heterocycles. The van der Waals surface area contributed by atoms with E-state index in [-0.39, 0.29) is 23.9 Å². The quantitative estimate of drug-likeness (QED) is 0.472. The maximum absolute atomic E-state index is 12.9. The van der Waals surface area contributed by atoms with Crippen molar-refractivity contribution >= 4 is 23.1 Å². The van der Waals surface area contributed by atoms with Gasteiger partial charge in [-0.15, -0.1) is 15.3 Å². The molecule has 0 unspecified atom stereocenters. The van der Waals surface area contributed by atoms with Crippen LogP contribution in [0.1, 0.15) is 63.8 Å². The molecule has 4 heterocycles. The fraction of sp³-hybridized carbons (Fsp3) is 0.360. The van der Waals surface area contributed by atoms with Crippen molar-refractivity contribution in [3.8, 4) is 11.4 Å². The van der Waals surface area contributed by atoms with E-state index >= 15 is 0 Å². The van der Waals surface area contributed by atoms with Gasteiger partial charge in [0, 0.05) is 29.8 Å². The number of piperidine rings is 1. The van der Waals surface area contributed by atoms with Crippen LogP contribution in [0.3, 0.4) is 0 Å². The number of rotatable bonds is 3. The van der Waals surface area contributed by atoms with Crippen LogP contribution in [0.25, 0.3) is 11.4 Å². The van der Waals surface area contributed by atoms with Gasteiger partial charge < -0.3 is 10.2 Å². The molecule has 1 N–H and O–H groups in total. The second-order valence-electron chi connectivity index (χ2n) is 9.32. The number of nitrogens with zero attached hydrogens (tertiary/aromatic N) is 7. The minimum absolute atomic E-state index is 0.0762. The number of aryl methyl sites for hydroxylation is 2. The predicted octanol–water partition coefficient (Wildman–Crippen LogP) is 3.64. The Morgan fingerprint density at radius 3 is 2.69 bits per heavy atom. The largest absolute Gasteiger partial charge is 0.364 e. The average molecular weight is 487 g/mol. The summed E-state index contributed by atoms with van der Waals surface area (Å²) in [6.07, 6.45) is 1.71. The van der Waals surface area contributed by atoms with Gasteiger partial charge in [0.15, 0.2) is 0 Å². The molecule has 2 aliphatic rings. The molecule has 4 aromatic rings. The molecule has 0 saturated carbocycles. The highest BCUT2D eigenvalue weighted by Gasteiger charge is 2.37. The smallest absolute Gasteiger partial charge is 0.265 e. The van der Waals surface area contributed by atoms with Gasteiger partial charge in [-0.25, -0.2) is 0 Å². The molecule has 6 rings (SSSR count). The number of hydrogen-bond donors (Lipinski definition) is 1. The van der Waals surface area contributed by atoms with Gasteiger partial charge in [0.1, 0.15) is 4.88 Å². The second kappa shape index (κ2) is 8.53. The van der Waals surface area contributed by atoms with Crippen LogP contribution in [0.2, 0.25) is 0 Å². The summed E-state index contributed by atoms with van der Waals surface area (Å²) in [4.78, 5) is 17.5. The Balaban J connectivity index is 1.36. The number of carbonyl (C=O) groups excluding carboxylic acids is 1. The Bertz CT molecular complexity index is 1410. The molecule has 35 heavy (non-hydrogen) atoms. The van der Waals surface area contributed by atoms with Crippen LogP contribution in [0, 0.1) is 6.92 Å². The van der Waals surface area contributed by atoms with Gasteiger partial charge in [-0.3, -0.25) is 4.79 Å². The summed E-state index contributed by atoms with van der Waals surface area (Å²) >= 11 is 1.15. The van der Waals surface area contributed by atoms with Gasteiger partial charge in [0.25, 0.3) is 5.91 Å². The van der Waals surface area contributed by atoms with Crippen LogP contribution in [0.4, 0.5) is 5.69 Å². The molecule has 1 amide bonds. The van der Waals surface area contributed by atoms with E-state index in [9.17, 15) is 4.79 Å². The lowest BCUT2D eigenvalue weighted by atomic mass is 9.86. The van der Waals surface area contributed by atoms with Crippen molar-refractivity contribution in [2.75, 3.05) is 11.4 Å². The highest BCUT2D eigenvalue weighted by atomic mass is 32.1. The van der Waals surface area contributed by atoms with Gasteiger partial charge in [-0.1, -0.05) is 35.7 Å². The van der Waals surface area contributed by atoms with Crippen LogP contribution in [0.5, 0.6) is 0 Å². The molecule has 178 valence electrons. The number of carbonyl (C=O) groups is 1. The van der Waals surface area contributed by atoms with Crippen molar-refractivity contribution in [1.29, 1.82) is 0 Å². The standard InChI is InChI=1S/C25H26N8OS/c1-14-18-6-4-5-7-19(18)22-13-17(26-25(34)23-15(2)27-31-35-23)10-11-33(22)21-9-8-16(12-20(14)21)24-28-30-32(3)29-24/h4-9,12,14,17,22H,10-11,13H2,1-3H3,(H,26,34)/t14-,17-,22-/m1/s1. The van der Waals surface area contributed by atoms with E-state index in [1.165, 1.54) is 27.2 Å². The molecular formula is C25H26N8OS. The lowest BCUT2D eigenvalue weighted by molar-refractivity contribution is 0.0930. The van der Waals surface area contributed by atoms with Crippen LogP contribution in [-0.2, 0) is 7.05 Å². The minimum Gasteiger partial charge on any atom is -0.364 e. The number of nitrogens with one attached hydrogen (secondary N) is 1. The van der Waals surface area contributed by atoms with Crippen molar-refractivity contribution in [1.82, 2.24) is 35.1 Å². The number of aromatic nitrogens is 6. The van der Waals surface area contributed by atoms with E-state index in [1.807, 2.05) is 6.92 Å². The number of anilines is 1. The van der Waals surface area contributed by atoms with Crippen molar-refractivity contribution in [3.05, 3.63) is 69.7 Å². The molecule has 2 aliphatic heterocycles. The van der Waals surface area contributed by atoms with Gasteiger partial charge in [-0.2, -0.15) is 4.80 Å². The Morgan fingerprint density at radius 1 is 1.11 bits per heavy atom. The monoisotopic (exact) mass is 486 g/mol. The van der Waals surface area contributed by atoms with Crippen molar-refractivity contribution in [2.45, 2.75) is 44.7 Å². The maximum Gasteiger partial charge on any atom is 0.265 e. The Hall–Kier alpha value is -3.66. The summed E-state index contributed by atoms with van der Waals surface area (Å²) in [5.41, 5.74) is 6.79. The number of tetrazole rings is 1. The summed E-state index contributed by atoms with van der Waals surface area (Å²) in [6.45, 7) is 4.95. The number of benzene rings is 2. The Labute approximate surface area is 207 Å². The number of fused-ring (bicyclic) bond motifs is 5. The first-order chi connectivity index (χ1) is 17.0. The van der Waals surface area contributed by atoms with Crippen LogP contribution in [0.15, 0.2) is 42.5 Å². The first-order valence-electron chi connectivity index (χ1n) is 11.8. The fourth-order valence-corrected chi connectivity index (χ4v) is 6.01. The van der Waals surface area contributed by atoms with E-state index in [0.29, 0.717) is 16.4 Å². The highest BCUT2D eigenvalue weighted by Crippen LogP contribution is 2.47. The zero-order chi connectivity index (χ0) is 24.1. The van der Waals surface area contributed by atoms with Crippen LogP contribution >= 0.6 is 11.5 Å². The highest BCUT2D eigenvalue weighted by molar-refractivity contribution is 7.08. The molecule has 0 radical (unpaired) electrons. The summed E-state index contributed by atoms with van der Waals surface area (Å²) in [5.74, 6) is 0.765. The topological polar surface area (TPSA) is 102 Å². The third kappa shape index (κ3) is 3.78. The predicted molar refractivity (Wildman–Crippen MR) is 133 cm³/mol. The van der Waals surface area contributed by atoms with E-state index in [2.05, 4.69) is 84.6 Å². The van der Waals surface area contributed by atoms with Gasteiger partial charge in [0.2, 0.25) is 5.82 Å². The van der Waals surface area contributed by atoms with Crippen LogP contribution in [-0.4, -0.2) is 48.3 Å². The first kappa shape index (κ1) is 21.8. The van der Waals surface area contributed by atoms with Crippen molar-refractivity contribution in [3.63, 3.8) is 0 Å². The zero-order valence-electron chi connectivity index (χ0n) is 19.8. The number of amides is 1. The third-order valence-electron chi connectivity index (χ3n) is 7.19. The molecular weight excluding hydrogens is 460 g/mol. The summed E-state index contributed by atoms with van der Waals surface area (Å²) in [7, 11) is 1.78. The fourth-order valence-electron chi connectivity index (χ4n) is 5.45. The second-order valence-corrected chi connectivity index (χ2v) is 10.1. The average Bonchev–Trinajstić information content (AvgIpc) is 3.49. The molecule has 0 bridgehead atoms. The summed E-state index contributed by atoms with van der Waals surface area (Å²) < 4.78 is 3.92. The van der Waals surface area contributed by atoms with Crippen molar-refractivity contribution < 1.29 is 4.79 Å². The molecule has 2 aromatic carbocycles. The maximum atomic E-state index is 12.9. The molecule has 3 atom stereocenters. The van der Waals surface area contributed by atoms with Gasteiger partial charge in [0.05, 0.1) is 18.8 Å². The van der Waals surface area contributed by atoms with E-state index in [0.717, 1.165) is 36.5 Å². The van der Waals surface area contributed by atoms with E-state index in [4.69, 9.17) is 0 Å². The third-order valence-corrected chi connectivity index (χ3v) is 8.01. The molecule has 2 aromatic heterocycles. The van der Waals surface area contributed by atoms with Gasteiger partial charge in [-0.05, 0) is 71.4 Å². The van der Waals surface area contributed by atoms with E-state index in [1.54, 1.807) is 7.05 Å². The van der Waals surface area contributed by atoms with Crippen LogP contribution < -0.4 is 10.2 Å². The molecule has 9 nitrogen and oxygen atoms in total. The minimum atomic E-state index is -0.0762. The zero-order valence-corrected chi connectivity index (χ0v) is 20.7. The normalized spacial score (nSPS) is 21.0. The summed E-state index contributed by atoms with van der Waals surface area (Å²) in [5, 5.41) is 19.9.